The molecule has 0 bridgehead atoms. The number of carbonyl (C=O) groups is 1. The van der Waals surface area contributed by atoms with Crippen LogP contribution < -0.4 is 10.5 Å². The van der Waals surface area contributed by atoms with E-state index in [4.69, 9.17) is 22.1 Å². The van der Waals surface area contributed by atoms with Crippen LogP contribution in [-0.2, 0) is 4.79 Å². The lowest BCUT2D eigenvalue weighted by Crippen LogP contribution is -2.52. The standard InChI is InChI=1S/C16H23ClN2O2.ClH/c1-11-7-8-19(13(9-11)10-18)16(20)12(2)21-15-6-4-3-5-14(15)17;/h3-6,11-13H,7-10,18H2,1-2H3;1H. The summed E-state index contributed by atoms with van der Waals surface area (Å²) in [4.78, 5) is 14.5. The van der Waals surface area contributed by atoms with Crippen molar-refractivity contribution < 1.29 is 9.53 Å². The monoisotopic (exact) mass is 346 g/mol. The number of hydrogen-bond donors (Lipinski definition) is 1. The van der Waals surface area contributed by atoms with Crippen LogP contribution in [0.5, 0.6) is 5.75 Å². The summed E-state index contributed by atoms with van der Waals surface area (Å²) in [5, 5.41) is 0.514. The van der Waals surface area contributed by atoms with Gasteiger partial charge in [-0.25, -0.2) is 0 Å². The van der Waals surface area contributed by atoms with E-state index in [1.807, 2.05) is 17.0 Å². The van der Waals surface area contributed by atoms with Crippen LogP contribution in [0.25, 0.3) is 0 Å². The summed E-state index contributed by atoms with van der Waals surface area (Å²) in [6.45, 7) is 5.21. The van der Waals surface area contributed by atoms with Gasteiger partial charge in [-0.3, -0.25) is 4.79 Å². The highest BCUT2D eigenvalue weighted by Crippen LogP contribution is 2.26. The Morgan fingerprint density at radius 3 is 2.82 bits per heavy atom. The molecule has 1 amide bonds. The Kier molecular flexibility index (Phi) is 7.46. The lowest BCUT2D eigenvalue weighted by molar-refractivity contribution is -0.142. The highest BCUT2D eigenvalue weighted by atomic mass is 35.5. The maximum atomic E-state index is 12.6. The molecule has 22 heavy (non-hydrogen) atoms. The molecule has 0 radical (unpaired) electrons. The fraction of sp³-hybridized carbons (Fsp3) is 0.562. The number of carbonyl (C=O) groups excluding carboxylic acids is 1. The van der Waals surface area contributed by atoms with E-state index < -0.39 is 6.10 Å². The second-order valence-corrected chi connectivity index (χ2v) is 6.15. The lowest BCUT2D eigenvalue weighted by atomic mass is 9.92. The second kappa shape index (κ2) is 8.61. The van der Waals surface area contributed by atoms with Crippen LogP contribution in [0.2, 0.25) is 5.02 Å². The van der Waals surface area contributed by atoms with E-state index in [1.165, 1.54) is 0 Å². The SMILES string of the molecule is CC1CCN(C(=O)C(C)Oc2ccccc2Cl)C(CN)C1.Cl. The molecule has 4 nitrogen and oxygen atoms in total. The number of amides is 1. The molecule has 2 rings (SSSR count). The Hall–Kier alpha value is -0.970. The Morgan fingerprint density at radius 2 is 2.18 bits per heavy atom. The van der Waals surface area contributed by atoms with Gasteiger partial charge in [-0.2, -0.15) is 0 Å². The number of ether oxygens (including phenoxy) is 1. The topological polar surface area (TPSA) is 55.6 Å². The van der Waals surface area contributed by atoms with Crippen molar-refractivity contribution in [3.8, 4) is 5.75 Å². The molecule has 1 saturated heterocycles. The van der Waals surface area contributed by atoms with E-state index in [9.17, 15) is 4.79 Å². The smallest absolute Gasteiger partial charge is 0.263 e. The molecular weight excluding hydrogens is 323 g/mol. The van der Waals surface area contributed by atoms with Gasteiger partial charge < -0.3 is 15.4 Å². The summed E-state index contributed by atoms with van der Waals surface area (Å²) in [5.41, 5.74) is 5.81. The van der Waals surface area contributed by atoms with Crippen molar-refractivity contribution in [2.24, 2.45) is 11.7 Å². The Morgan fingerprint density at radius 1 is 1.50 bits per heavy atom. The maximum absolute atomic E-state index is 12.6. The zero-order valence-corrected chi connectivity index (χ0v) is 14.6. The van der Waals surface area contributed by atoms with Crippen LogP contribution in [0.15, 0.2) is 24.3 Å². The average molecular weight is 347 g/mol. The Balaban J connectivity index is 0.00000242. The van der Waals surface area contributed by atoms with Gasteiger partial charge in [0.15, 0.2) is 6.10 Å². The molecular formula is C16H24Cl2N2O2. The molecule has 2 N–H and O–H groups in total. The summed E-state index contributed by atoms with van der Waals surface area (Å²) in [6, 6.07) is 7.30. The van der Waals surface area contributed by atoms with E-state index in [0.29, 0.717) is 23.2 Å². The van der Waals surface area contributed by atoms with E-state index in [1.54, 1.807) is 19.1 Å². The molecule has 1 aliphatic heterocycles. The third-order valence-electron chi connectivity index (χ3n) is 4.02. The minimum absolute atomic E-state index is 0. The molecule has 6 heteroatoms. The zero-order chi connectivity index (χ0) is 15.4. The minimum atomic E-state index is -0.563. The summed E-state index contributed by atoms with van der Waals surface area (Å²) in [7, 11) is 0. The predicted octanol–water partition coefficient (Wildman–Crippen LogP) is 3.11. The van der Waals surface area contributed by atoms with Crippen molar-refractivity contribution in [3.63, 3.8) is 0 Å². The number of nitrogens with two attached hydrogens (primary N) is 1. The van der Waals surface area contributed by atoms with Crippen molar-refractivity contribution >= 4 is 29.9 Å². The molecule has 124 valence electrons. The van der Waals surface area contributed by atoms with Crippen molar-refractivity contribution in [1.29, 1.82) is 0 Å². The first-order valence-electron chi connectivity index (χ1n) is 7.44. The van der Waals surface area contributed by atoms with Crippen LogP contribution in [-0.4, -0.2) is 36.0 Å². The van der Waals surface area contributed by atoms with Gasteiger partial charge in [-0.1, -0.05) is 30.7 Å². The van der Waals surface area contributed by atoms with Crippen molar-refractivity contribution in [1.82, 2.24) is 4.90 Å². The summed E-state index contributed by atoms with van der Waals surface area (Å²) in [5.74, 6) is 1.13. The number of rotatable bonds is 4. The number of likely N-dealkylation sites (tertiary alicyclic amines) is 1. The van der Waals surface area contributed by atoms with Gasteiger partial charge >= 0.3 is 0 Å². The maximum Gasteiger partial charge on any atom is 0.263 e. The van der Waals surface area contributed by atoms with Crippen molar-refractivity contribution in [2.45, 2.75) is 38.8 Å². The molecule has 3 atom stereocenters. The number of hydrogen-bond acceptors (Lipinski definition) is 3. The number of para-hydroxylation sites is 1. The van der Waals surface area contributed by atoms with Crippen LogP contribution >= 0.6 is 24.0 Å². The zero-order valence-electron chi connectivity index (χ0n) is 13.0. The second-order valence-electron chi connectivity index (χ2n) is 5.74. The van der Waals surface area contributed by atoms with Crippen LogP contribution in [0.3, 0.4) is 0 Å². The molecule has 0 saturated carbocycles. The molecule has 1 aromatic rings. The van der Waals surface area contributed by atoms with Crippen molar-refractivity contribution in [2.75, 3.05) is 13.1 Å². The summed E-state index contributed by atoms with van der Waals surface area (Å²) >= 11 is 6.06. The quantitative estimate of drug-likeness (QED) is 0.911. The Bertz CT molecular complexity index is 499. The summed E-state index contributed by atoms with van der Waals surface area (Å²) in [6.07, 6.45) is 1.41. The summed E-state index contributed by atoms with van der Waals surface area (Å²) < 4.78 is 5.72. The first-order chi connectivity index (χ1) is 10.0. The van der Waals surface area contributed by atoms with Crippen LogP contribution in [0, 0.1) is 5.92 Å². The van der Waals surface area contributed by atoms with E-state index >= 15 is 0 Å². The largest absolute Gasteiger partial charge is 0.479 e. The van der Waals surface area contributed by atoms with E-state index in [-0.39, 0.29) is 24.4 Å². The fourth-order valence-electron chi connectivity index (χ4n) is 2.78. The van der Waals surface area contributed by atoms with Gasteiger partial charge in [0.2, 0.25) is 0 Å². The first-order valence-corrected chi connectivity index (χ1v) is 7.82. The number of piperidine rings is 1. The van der Waals surface area contributed by atoms with E-state index in [2.05, 4.69) is 6.92 Å². The van der Waals surface area contributed by atoms with Gasteiger partial charge in [0.25, 0.3) is 5.91 Å². The molecule has 0 aromatic heterocycles. The number of nitrogens with zero attached hydrogens (tertiary/aromatic N) is 1. The van der Waals surface area contributed by atoms with Gasteiger partial charge in [0, 0.05) is 19.1 Å². The molecule has 1 fully saturated rings. The Labute approximate surface area is 143 Å². The molecule has 0 aliphatic carbocycles. The van der Waals surface area contributed by atoms with Crippen LogP contribution in [0.4, 0.5) is 0 Å². The highest BCUT2D eigenvalue weighted by molar-refractivity contribution is 6.32. The first kappa shape index (κ1) is 19.1. The number of halogens is 2. The normalized spacial score (nSPS) is 22.6. The third kappa shape index (κ3) is 4.51. The van der Waals surface area contributed by atoms with Crippen LogP contribution in [0.1, 0.15) is 26.7 Å². The van der Waals surface area contributed by atoms with Crippen molar-refractivity contribution in [3.05, 3.63) is 29.3 Å². The fourth-order valence-corrected chi connectivity index (χ4v) is 2.96. The molecule has 1 aliphatic rings. The van der Waals surface area contributed by atoms with E-state index in [0.717, 1.165) is 19.4 Å². The molecule has 1 aromatic carbocycles. The highest BCUT2D eigenvalue weighted by Gasteiger charge is 2.32. The molecule has 1 heterocycles. The molecule has 3 unspecified atom stereocenters. The third-order valence-corrected chi connectivity index (χ3v) is 4.33. The van der Waals surface area contributed by atoms with Gasteiger partial charge in [-0.05, 0) is 37.8 Å². The molecule has 0 spiro atoms. The predicted molar refractivity (Wildman–Crippen MR) is 91.7 cm³/mol. The minimum Gasteiger partial charge on any atom is -0.479 e. The van der Waals surface area contributed by atoms with Gasteiger partial charge in [0.05, 0.1) is 5.02 Å². The average Bonchev–Trinajstić information content (AvgIpc) is 2.48. The van der Waals surface area contributed by atoms with Gasteiger partial charge in [0.1, 0.15) is 5.75 Å². The lowest BCUT2D eigenvalue weighted by Gasteiger charge is -2.39. The number of benzene rings is 1. The van der Waals surface area contributed by atoms with Gasteiger partial charge in [-0.15, -0.1) is 12.4 Å².